The van der Waals surface area contributed by atoms with Gasteiger partial charge >= 0.3 is 0 Å². The van der Waals surface area contributed by atoms with Crippen LogP contribution < -0.4 is 15.8 Å². The summed E-state index contributed by atoms with van der Waals surface area (Å²) in [6.07, 6.45) is 5.86. The minimum Gasteiger partial charge on any atom is -0.497 e. The molecule has 0 amide bonds. The van der Waals surface area contributed by atoms with E-state index in [-0.39, 0.29) is 0 Å². The van der Waals surface area contributed by atoms with E-state index in [1.165, 1.54) is 31.2 Å². The molecule has 124 valence electrons. The Kier molecular flexibility index (Phi) is 9.12. The molecule has 0 bridgehead atoms. The number of guanidine groups is 1. The highest BCUT2D eigenvalue weighted by atomic mass is 16.5. The molecular weight excluding hydrogens is 274 g/mol. The molecule has 0 aromatic heterocycles. The van der Waals surface area contributed by atoms with Crippen molar-refractivity contribution in [3.8, 4) is 5.75 Å². The van der Waals surface area contributed by atoms with Crippen LogP contribution in [0.2, 0.25) is 0 Å². The third kappa shape index (κ3) is 7.34. The van der Waals surface area contributed by atoms with Gasteiger partial charge in [0.1, 0.15) is 5.75 Å². The van der Waals surface area contributed by atoms with Crippen LogP contribution in [0.1, 0.15) is 45.1 Å². The summed E-state index contributed by atoms with van der Waals surface area (Å²) in [5.74, 6) is 2.10. The number of ether oxygens (including phenoxy) is 1. The summed E-state index contributed by atoms with van der Waals surface area (Å²) in [4.78, 5) is 4.47. The number of rotatable bonds is 10. The van der Waals surface area contributed by atoms with E-state index in [0.29, 0.717) is 11.9 Å². The van der Waals surface area contributed by atoms with E-state index < -0.39 is 0 Å². The maximum absolute atomic E-state index is 5.93. The molecule has 0 radical (unpaired) electrons. The summed E-state index contributed by atoms with van der Waals surface area (Å²) < 4.78 is 5.15. The smallest absolute Gasteiger partial charge is 0.188 e. The Balaban J connectivity index is 2.28. The van der Waals surface area contributed by atoms with Crippen molar-refractivity contribution in [1.29, 1.82) is 0 Å². The third-order valence-corrected chi connectivity index (χ3v) is 3.94. The molecule has 0 aliphatic rings. The number of unbranched alkanes of at least 4 members (excludes halogenated alkanes) is 1. The van der Waals surface area contributed by atoms with Crippen molar-refractivity contribution < 1.29 is 4.74 Å². The van der Waals surface area contributed by atoms with Gasteiger partial charge in [-0.3, -0.25) is 4.99 Å². The molecule has 0 aliphatic carbocycles. The first-order chi connectivity index (χ1) is 10.7. The molecule has 4 nitrogen and oxygen atoms in total. The highest BCUT2D eigenvalue weighted by Crippen LogP contribution is 2.13. The van der Waals surface area contributed by atoms with E-state index in [0.717, 1.165) is 25.3 Å². The fourth-order valence-corrected chi connectivity index (χ4v) is 2.33. The van der Waals surface area contributed by atoms with Crippen molar-refractivity contribution in [3.05, 3.63) is 29.8 Å². The quantitative estimate of drug-likeness (QED) is 0.515. The second kappa shape index (κ2) is 10.9. The van der Waals surface area contributed by atoms with Crippen molar-refractivity contribution in [2.45, 2.75) is 46.0 Å². The van der Waals surface area contributed by atoms with Crippen molar-refractivity contribution in [2.75, 3.05) is 20.2 Å². The maximum atomic E-state index is 5.93. The van der Waals surface area contributed by atoms with Crippen LogP contribution in [0.4, 0.5) is 0 Å². The monoisotopic (exact) mass is 305 g/mol. The zero-order valence-electron chi connectivity index (χ0n) is 14.3. The zero-order valence-corrected chi connectivity index (χ0v) is 14.3. The topological polar surface area (TPSA) is 59.6 Å². The lowest BCUT2D eigenvalue weighted by atomic mass is 10.00. The lowest BCUT2D eigenvalue weighted by molar-refractivity contribution is 0.414. The molecule has 1 aromatic carbocycles. The van der Waals surface area contributed by atoms with Crippen LogP contribution in [0.3, 0.4) is 0 Å². The van der Waals surface area contributed by atoms with Crippen LogP contribution >= 0.6 is 0 Å². The first kappa shape index (κ1) is 18.3. The number of methoxy groups -OCH3 is 1. The molecule has 1 atom stereocenters. The molecule has 0 heterocycles. The van der Waals surface area contributed by atoms with Gasteiger partial charge in [0.25, 0.3) is 0 Å². The Hall–Kier alpha value is -1.71. The molecule has 1 unspecified atom stereocenters. The molecular formula is C18H31N3O. The highest BCUT2D eigenvalue weighted by molar-refractivity contribution is 5.77. The largest absolute Gasteiger partial charge is 0.497 e. The number of hydrogen-bond donors (Lipinski definition) is 2. The van der Waals surface area contributed by atoms with Gasteiger partial charge in [-0.15, -0.1) is 0 Å². The normalized spacial score (nSPS) is 13.0. The predicted octanol–water partition coefficient (Wildman–Crippen LogP) is 3.36. The van der Waals surface area contributed by atoms with E-state index in [9.17, 15) is 0 Å². The van der Waals surface area contributed by atoms with Gasteiger partial charge in [-0.1, -0.05) is 45.2 Å². The lowest BCUT2D eigenvalue weighted by Crippen LogP contribution is -2.33. The van der Waals surface area contributed by atoms with Gasteiger partial charge in [0.15, 0.2) is 5.96 Å². The Bertz CT molecular complexity index is 428. The first-order valence-electron chi connectivity index (χ1n) is 8.36. The van der Waals surface area contributed by atoms with Crippen LogP contribution in [0, 0.1) is 5.92 Å². The molecule has 0 saturated carbocycles. The predicted molar refractivity (Wildman–Crippen MR) is 94.5 cm³/mol. The third-order valence-electron chi connectivity index (χ3n) is 3.94. The van der Waals surface area contributed by atoms with E-state index in [1.54, 1.807) is 7.11 Å². The van der Waals surface area contributed by atoms with Gasteiger partial charge < -0.3 is 15.8 Å². The molecule has 0 fully saturated rings. The van der Waals surface area contributed by atoms with Crippen molar-refractivity contribution >= 4 is 5.96 Å². The summed E-state index contributed by atoms with van der Waals surface area (Å²) in [5.41, 5.74) is 7.19. The first-order valence-corrected chi connectivity index (χ1v) is 8.36. The second-order valence-electron chi connectivity index (χ2n) is 5.67. The Morgan fingerprint density at radius 2 is 2.00 bits per heavy atom. The maximum Gasteiger partial charge on any atom is 0.188 e. The number of nitrogens with zero attached hydrogens (tertiary/aromatic N) is 1. The van der Waals surface area contributed by atoms with Gasteiger partial charge in [-0.05, 0) is 36.5 Å². The molecule has 0 saturated heterocycles. The van der Waals surface area contributed by atoms with Crippen LogP contribution in [0.5, 0.6) is 5.75 Å². The molecule has 22 heavy (non-hydrogen) atoms. The fourth-order valence-electron chi connectivity index (χ4n) is 2.33. The van der Waals surface area contributed by atoms with E-state index >= 15 is 0 Å². The van der Waals surface area contributed by atoms with Gasteiger partial charge in [0, 0.05) is 13.1 Å². The van der Waals surface area contributed by atoms with Gasteiger partial charge in [-0.25, -0.2) is 0 Å². The number of nitrogens with two attached hydrogens (primary N) is 1. The molecule has 3 N–H and O–H groups in total. The average molecular weight is 305 g/mol. The molecule has 1 rings (SSSR count). The van der Waals surface area contributed by atoms with Crippen molar-refractivity contribution in [1.82, 2.24) is 5.32 Å². The minimum absolute atomic E-state index is 0.559. The van der Waals surface area contributed by atoms with Crippen LogP contribution in [-0.2, 0) is 6.42 Å². The van der Waals surface area contributed by atoms with Crippen molar-refractivity contribution in [3.63, 3.8) is 0 Å². The fraction of sp³-hybridized carbons (Fsp3) is 0.611. The van der Waals surface area contributed by atoms with Crippen LogP contribution in [0.25, 0.3) is 0 Å². The number of nitrogens with one attached hydrogen (secondary N) is 1. The molecule has 0 aliphatic heterocycles. The van der Waals surface area contributed by atoms with E-state index in [2.05, 4.69) is 36.3 Å². The SMILES string of the molecule is CCCCC(CC)CN=C(N)NCCc1ccc(OC)cc1. The number of hydrogen-bond acceptors (Lipinski definition) is 2. The van der Waals surface area contributed by atoms with Crippen molar-refractivity contribution in [2.24, 2.45) is 16.6 Å². The van der Waals surface area contributed by atoms with Gasteiger partial charge in [-0.2, -0.15) is 0 Å². The second-order valence-corrected chi connectivity index (χ2v) is 5.67. The lowest BCUT2D eigenvalue weighted by Gasteiger charge is -2.12. The Morgan fingerprint density at radius 1 is 1.27 bits per heavy atom. The van der Waals surface area contributed by atoms with E-state index in [4.69, 9.17) is 10.5 Å². The van der Waals surface area contributed by atoms with Crippen LogP contribution in [0.15, 0.2) is 29.3 Å². The highest BCUT2D eigenvalue weighted by Gasteiger charge is 2.04. The zero-order chi connectivity index (χ0) is 16.2. The number of aliphatic imine (C=N–C) groups is 1. The Morgan fingerprint density at radius 3 is 2.59 bits per heavy atom. The summed E-state index contributed by atoms with van der Waals surface area (Å²) in [5, 5.41) is 3.19. The summed E-state index contributed by atoms with van der Waals surface area (Å²) in [7, 11) is 1.68. The molecule has 4 heteroatoms. The minimum atomic E-state index is 0.559. The van der Waals surface area contributed by atoms with Gasteiger partial charge in [0.05, 0.1) is 7.11 Å². The van der Waals surface area contributed by atoms with Gasteiger partial charge in [0.2, 0.25) is 0 Å². The average Bonchev–Trinajstić information content (AvgIpc) is 2.55. The Labute approximate surface area is 135 Å². The standard InChI is InChI=1S/C18H31N3O/c1-4-6-7-15(5-2)14-21-18(19)20-13-12-16-8-10-17(22-3)11-9-16/h8-11,15H,4-7,12-14H2,1-3H3,(H3,19,20,21). The molecule has 1 aromatic rings. The van der Waals surface area contributed by atoms with Crippen LogP contribution in [-0.4, -0.2) is 26.2 Å². The summed E-state index contributed by atoms with van der Waals surface area (Å²) >= 11 is 0. The van der Waals surface area contributed by atoms with E-state index in [1.807, 2.05) is 12.1 Å². The molecule has 0 spiro atoms. The summed E-state index contributed by atoms with van der Waals surface area (Å²) in [6.45, 7) is 6.08. The summed E-state index contributed by atoms with van der Waals surface area (Å²) in [6, 6.07) is 8.11. The number of benzene rings is 1.